The van der Waals surface area contributed by atoms with Crippen LogP contribution in [0.4, 0.5) is 5.13 Å². The fourth-order valence-corrected chi connectivity index (χ4v) is 2.61. The zero-order chi connectivity index (χ0) is 16.1. The molecule has 2 aromatic rings. The van der Waals surface area contributed by atoms with Crippen LogP contribution in [-0.4, -0.2) is 21.2 Å². The van der Waals surface area contributed by atoms with Gasteiger partial charge in [0.2, 0.25) is 5.13 Å². The van der Waals surface area contributed by atoms with Gasteiger partial charge >= 0.3 is 0 Å². The van der Waals surface area contributed by atoms with Gasteiger partial charge in [-0.3, -0.25) is 10.1 Å². The van der Waals surface area contributed by atoms with Crippen LogP contribution < -0.4 is 5.32 Å². The van der Waals surface area contributed by atoms with Crippen molar-refractivity contribution < 1.29 is 9.90 Å². The second-order valence-corrected chi connectivity index (χ2v) is 6.11. The summed E-state index contributed by atoms with van der Waals surface area (Å²) in [4.78, 5) is 12.1. The minimum absolute atomic E-state index is 0.0640. The maximum absolute atomic E-state index is 12.1. The summed E-state index contributed by atoms with van der Waals surface area (Å²) in [6, 6.07) is 6.54. The zero-order valence-electron chi connectivity index (χ0n) is 11.5. The Hall–Kier alpha value is -2.24. The summed E-state index contributed by atoms with van der Waals surface area (Å²) in [7, 11) is 0. The smallest absolute Gasteiger partial charge is 0.268 e. The van der Waals surface area contributed by atoms with Gasteiger partial charge in [0.25, 0.3) is 5.91 Å². The molecule has 0 aliphatic rings. The number of nitrogens with zero attached hydrogens (tertiary/aromatic N) is 3. The molecular formula is C14H11BrN4O2S. The molecule has 2 N–H and O–H groups in total. The molecule has 0 aliphatic carbocycles. The Morgan fingerprint density at radius 3 is 2.91 bits per heavy atom. The van der Waals surface area contributed by atoms with E-state index in [0.717, 1.165) is 11.4 Å². The largest absolute Gasteiger partial charge is 0.507 e. The molecule has 6 nitrogen and oxygen atoms in total. The number of phenolic OH excluding ortho intramolecular Hbond substituents is 1. The maximum atomic E-state index is 12.1. The van der Waals surface area contributed by atoms with E-state index >= 15 is 0 Å². The molecule has 1 aromatic carbocycles. The fraction of sp³-hybridized carbons (Fsp3) is 0.143. The Bertz CT molecular complexity index is 779. The van der Waals surface area contributed by atoms with Crippen LogP contribution in [0.2, 0.25) is 0 Å². The number of nitriles is 1. The minimum Gasteiger partial charge on any atom is -0.507 e. The zero-order valence-corrected chi connectivity index (χ0v) is 13.9. The first kappa shape index (κ1) is 16.1. The van der Waals surface area contributed by atoms with Gasteiger partial charge in [0.15, 0.2) is 0 Å². The number of phenols is 1. The van der Waals surface area contributed by atoms with Crippen molar-refractivity contribution in [2.24, 2.45) is 0 Å². The molecule has 0 atom stereocenters. The van der Waals surface area contributed by atoms with Crippen LogP contribution in [0.25, 0.3) is 6.08 Å². The number of amides is 1. The standard InChI is InChI=1S/C14H11BrN4O2S/c1-2-12-18-19-14(22-12)17-13(21)9(7-16)5-8-3-4-11(20)10(15)6-8/h3-6,20H,2H2,1H3,(H,17,19,21)/b9-5+. The normalized spacial score (nSPS) is 11.0. The summed E-state index contributed by atoms with van der Waals surface area (Å²) in [5.74, 6) is -0.466. The Labute approximate surface area is 139 Å². The number of hydrogen-bond acceptors (Lipinski definition) is 6. The van der Waals surface area contributed by atoms with Gasteiger partial charge in [-0.1, -0.05) is 24.3 Å². The van der Waals surface area contributed by atoms with Crippen LogP contribution in [-0.2, 0) is 11.2 Å². The molecule has 0 fully saturated rings. The van der Waals surface area contributed by atoms with E-state index in [9.17, 15) is 9.90 Å². The van der Waals surface area contributed by atoms with E-state index in [-0.39, 0.29) is 11.3 Å². The molecule has 1 aromatic heterocycles. The number of carbonyl (C=O) groups excluding carboxylic acids is 1. The number of aromatic nitrogens is 2. The summed E-state index contributed by atoms with van der Waals surface area (Å²) >= 11 is 4.45. The maximum Gasteiger partial charge on any atom is 0.268 e. The van der Waals surface area contributed by atoms with E-state index in [1.54, 1.807) is 12.1 Å². The molecule has 0 unspecified atom stereocenters. The van der Waals surface area contributed by atoms with E-state index < -0.39 is 5.91 Å². The van der Waals surface area contributed by atoms with Crippen molar-refractivity contribution in [1.82, 2.24) is 10.2 Å². The molecule has 112 valence electrons. The van der Waals surface area contributed by atoms with E-state index in [1.807, 2.05) is 13.0 Å². The molecule has 0 aliphatic heterocycles. The fourth-order valence-electron chi connectivity index (χ4n) is 1.54. The SMILES string of the molecule is CCc1nnc(NC(=O)/C(C#N)=C/c2ccc(O)c(Br)c2)s1. The third-order valence-corrected chi connectivity index (χ3v) is 4.26. The van der Waals surface area contributed by atoms with Crippen LogP contribution in [0.5, 0.6) is 5.75 Å². The highest BCUT2D eigenvalue weighted by molar-refractivity contribution is 9.10. The number of nitrogens with one attached hydrogen (secondary N) is 1. The van der Waals surface area contributed by atoms with Crippen molar-refractivity contribution in [2.75, 3.05) is 5.32 Å². The Morgan fingerprint density at radius 1 is 1.55 bits per heavy atom. The average molecular weight is 379 g/mol. The summed E-state index contributed by atoms with van der Waals surface area (Å²) < 4.78 is 0.482. The number of halogens is 1. The molecule has 1 amide bonds. The molecule has 2 rings (SSSR count). The summed E-state index contributed by atoms with van der Waals surface area (Å²) in [6.45, 7) is 1.94. The van der Waals surface area contributed by atoms with E-state index in [2.05, 4.69) is 31.4 Å². The van der Waals surface area contributed by atoms with Gasteiger partial charge in [-0.2, -0.15) is 5.26 Å². The van der Waals surface area contributed by atoms with Gasteiger partial charge in [0, 0.05) is 0 Å². The molecule has 0 radical (unpaired) electrons. The van der Waals surface area contributed by atoms with Crippen molar-refractivity contribution in [2.45, 2.75) is 13.3 Å². The van der Waals surface area contributed by atoms with Gasteiger partial charge in [-0.25, -0.2) is 0 Å². The predicted molar refractivity (Wildman–Crippen MR) is 87.3 cm³/mol. The topological polar surface area (TPSA) is 98.9 Å². The van der Waals surface area contributed by atoms with E-state index in [1.165, 1.54) is 23.5 Å². The number of rotatable bonds is 4. The summed E-state index contributed by atoms with van der Waals surface area (Å²) in [5.41, 5.74) is 0.550. The Balaban J connectivity index is 2.19. The number of hydrogen-bond donors (Lipinski definition) is 2. The van der Waals surface area contributed by atoms with Crippen LogP contribution in [0.15, 0.2) is 28.2 Å². The third-order valence-electron chi connectivity index (χ3n) is 2.64. The summed E-state index contributed by atoms with van der Waals surface area (Å²) in [5, 5.41) is 30.0. The van der Waals surface area contributed by atoms with E-state index in [0.29, 0.717) is 15.2 Å². The Kier molecular flexibility index (Phi) is 5.25. The van der Waals surface area contributed by atoms with Gasteiger partial charge in [0.1, 0.15) is 22.4 Å². The van der Waals surface area contributed by atoms with Crippen molar-refractivity contribution in [1.29, 1.82) is 5.26 Å². The number of anilines is 1. The van der Waals surface area contributed by atoms with Crippen molar-refractivity contribution in [3.8, 4) is 11.8 Å². The van der Waals surface area contributed by atoms with Crippen LogP contribution in [0.1, 0.15) is 17.5 Å². The second-order valence-electron chi connectivity index (χ2n) is 4.19. The van der Waals surface area contributed by atoms with Crippen LogP contribution in [0, 0.1) is 11.3 Å². The molecule has 0 saturated carbocycles. The van der Waals surface area contributed by atoms with Gasteiger partial charge in [-0.15, -0.1) is 10.2 Å². The minimum atomic E-state index is -0.550. The molecule has 22 heavy (non-hydrogen) atoms. The van der Waals surface area contributed by atoms with Crippen molar-refractivity contribution in [3.05, 3.63) is 38.8 Å². The summed E-state index contributed by atoms with van der Waals surface area (Å²) in [6.07, 6.45) is 2.16. The lowest BCUT2D eigenvalue weighted by Crippen LogP contribution is -2.13. The van der Waals surface area contributed by atoms with Gasteiger partial charge < -0.3 is 5.11 Å². The third kappa shape index (κ3) is 3.90. The monoisotopic (exact) mass is 378 g/mol. The van der Waals surface area contributed by atoms with Crippen LogP contribution in [0.3, 0.4) is 0 Å². The average Bonchev–Trinajstić information content (AvgIpc) is 2.95. The predicted octanol–water partition coefficient (Wildman–Crippen LogP) is 3.11. The molecule has 0 saturated heterocycles. The van der Waals surface area contributed by atoms with Crippen LogP contribution >= 0.6 is 27.3 Å². The highest BCUT2D eigenvalue weighted by Gasteiger charge is 2.12. The van der Waals surface area contributed by atoms with Gasteiger partial charge in [-0.05, 0) is 46.1 Å². The molecule has 8 heteroatoms. The van der Waals surface area contributed by atoms with Crippen molar-refractivity contribution >= 4 is 44.4 Å². The lowest BCUT2D eigenvalue weighted by atomic mass is 10.1. The lowest BCUT2D eigenvalue weighted by molar-refractivity contribution is -0.112. The highest BCUT2D eigenvalue weighted by Crippen LogP contribution is 2.25. The number of aryl methyl sites for hydroxylation is 1. The molecule has 1 heterocycles. The first-order valence-electron chi connectivity index (χ1n) is 6.27. The quantitative estimate of drug-likeness (QED) is 0.628. The number of aromatic hydroxyl groups is 1. The van der Waals surface area contributed by atoms with Gasteiger partial charge in [0.05, 0.1) is 4.47 Å². The molecular weight excluding hydrogens is 368 g/mol. The van der Waals surface area contributed by atoms with E-state index in [4.69, 9.17) is 5.26 Å². The molecule has 0 bridgehead atoms. The second kappa shape index (κ2) is 7.15. The Morgan fingerprint density at radius 2 is 2.32 bits per heavy atom. The molecule has 0 spiro atoms. The first-order valence-corrected chi connectivity index (χ1v) is 7.88. The van der Waals surface area contributed by atoms with Crippen molar-refractivity contribution in [3.63, 3.8) is 0 Å². The first-order chi connectivity index (χ1) is 10.5. The number of carbonyl (C=O) groups is 1. The lowest BCUT2D eigenvalue weighted by Gasteiger charge is -2.01. The number of benzene rings is 1. The highest BCUT2D eigenvalue weighted by atomic mass is 79.9.